The van der Waals surface area contributed by atoms with E-state index in [2.05, 4.69) is 0 Å². The number of ketones is 1. The molecule has 0 saturated carbocycles. The fourth-order valence-electron chi connectivity index (χ4n) is 0.968. The smallest absolute Gasteiger partial charge is 0.178 e. The van der Waals surface area contributed by atoms with Gasteiger partial charge in [-0.15, -0.1) is 0 Å². The van der Waals surface area contributed by atoms with E-state index in [1.807, 2.05) is 6.92 Å². The molecule has 12 heavy (non-hydrogen) atoms. The van der Waals surface area contributed by atoms with Crippen LogP contribution >= 0.6 is 0 Å². The molecule has 3 nitrogen and oxygen atoms in total. The first-order chi connectivity index (χ1) is 5.66. The topological polar surface area (TPSA) is 46.5 Å². The van der Waals surface area contributed by atoms with Crippen molar-refractivity contribution in [2.45, 2.75) is 12.5 Å². The van der Waals surface area contributed by atoms with Gasteiger partial charge in [0.15, 0.2) is 5.78 Å². The zero-order valence-electron chi connectivity index (χ0n) is 6.99. The molecule has 1 aliphatic rings. The first-order valence-corrected chi connectivity index (χ1v) is 3.83. The van der Waals surface area contributed by atoms with Gasteiger partial charge >= 0.3 is 0 Å². The minimum absolute atomic E-state index is 0.00871. The van der Waals surface area contributed by atoms with E-state index in [-0.39, 0.29) is 19.0 Å². The van der Waals surface area contributed by atoms with Crippen LogP contribution in [0.3, 0.4) is 0 Å². The highest BCUT2D eigenvalue weighted by Crippen LogP contribution is 2.17. The van der Waals surface area contributed by atoms with E-state index in [0.717, 1.165) is 0 Å². The molecule has 0 spiro atoms. The van der Waals surface area contributed by atoms with Gasteiger partial charge in [0, 0.05) is 0 Å². The van der Waals surface area contributed by atoms with Gasteiger partial charge in [0.2, 0.25) is 0 Å². The minimum atomic E-state index is -0.531. The van der Waals surface area contributed by atoms with Crippen LogP contribution in [-0.4, -0.2) is 29.7 Å². The highest BCUT2D eigenvalue weighted by molar-refractivity contribution is 6.00. The lowest BCUT2D eigenvalue weighted by molar-refractivity contribution is -0.110. The van der Waals surface area contributed by atoms with E-state index in [1.54, 1.807) is 12.2 Å². The summed E-state index contributed by atoms with van der Waals surface area (Å²) in [4.78, 5) is 10.7. The number of rotatable bonds is 3. The number of aliphatic hydroxyl groups is 1. The Labute approximate surface area is 71.3 Å². The van der Waals surface area contributed by atoms with Crippen molar-refractivity contribution >= 4 is 5.78 Å². The van der Waals surface area contributed by atoms with Crippen molar-refractivity contribution in [3.63, 3.8) is 0 Å². The quantitative estimate of drug-likeness (QED) is 0.665. The van der Waals surface area contributed by atoms with Gasteiger partial charge in [0.1, 0.15) is 5.60 Å². The van der Waals surface area contributed by atoms with Gasteiger partial charge in [-0.1, -0.05) is 0 Å². The summed E-state index contributed by atoms with van der Waals surface area (Å²) in [7, 11) is 0. The highest BCUT2D eigenvalue weighted by Gasteiger charge is 2.20. The molecule has 0 saturated heterocycles. The lowest BCUT2D eigenvalue weighted by atomic mass is 10.00. The van der Waals surface area contributed by atoms with E-state index in [1.165, 1.54) is 12.2 Å². The molecule has 0 amide bonds. The molecule has 1 aliphatic carbocycles. The average molecular weight is 168 g/mol. The maximum absolute atomic E-state index is 10.7. The molecule has 1 N–H and O–H groups in total. The fourth-order valence-corrected chi connectivity index (χ4v) is 0.968. The summed E-state index contributed by atoms with van der Waals surface area (Å²) in [5.41, 5.74) is -0.531. The van der Waals surface area contributed by atoms with E-state index in [4.69, 9.17) is 9.84 Å². The van der Waals surface area contributed by atoms with E-state index >= 15 is 0 Å². The summed E-state index contributed by atoms with van der Waals surface area (Å²) < 4.78 is 5.29. The number of carbonyl (C=O) groups excluding carboxylic acids is 1. The van der Waals surface area contributed by atoms with Crippen molar-refractivity contribution in [1.29, 1.82) is 0 Å². The van der Waals surface area contributed by atoms with Gasteiger partial charge in [-0.3, -0.25) is 4.79 Å². The second-order valence-electron chi connectivity index (χ2n) is 2.82. The zero-order valence-corrected chi connectivity index (χ0v) is 6.99. The maximum atomic E-state index is 10.7. The van der Waals surface area contributed by atoms with Gasteiger partial charge < -0.3 is 9.84 Å². The molecular formula is C9H12O3. The molecule has 0 aromatic heterocycles. The Morgan fingerprint density at radius 2 is 2.08 bits per heavy atom. The van der Waals surface area contributed by atoms with Crippen molar-refractivity contribution in [3.05, 3.63) is 24.3 Å². The standard InChI is InChI=1S/C9H12O3/c1-9(12-7-6-10)4-2-8(11)3-5-9/h2-5,10H,6-7H2,1H3. The lowest BCUT2D eigenvalue weighted by Gasteiger charge is -2.23. The van der Waals surface area contributed by atoms with Crippen LogP contribution in [0.1, 0.15) is 6.92 Å². The molecule has 1 rings (SSSR count). The summed E-state index contributed by atoms with van der Waals surface area (Å²) in [6.07, 6.45) is 6.31. The van der Waals surface area contributed by atoms with E-state index < -0.39 is 5.60 Å². The summed E-state index contributed by atoms with van der Waals surface area (Å²) in [5, 5.41) is 8.52. The summed E-state index contributed by atoms with van der Waals surface area (Å²) >= 11 is 0. The molecule has 0 unspecified atom stereocenters. The Kier molecular flexibility index (Phi) is 2.78. The van der Waals surface area contributed by atoms with Crippen LogP contribution in [0, 0.1) is 0 Å². The lowest BCUT2D eigenvalue weighted by Crippen LogP contribution is -2.27. The van der Waals surface area contributed by atoms with E-state index in [0.29, 0.717) is 0 Å². The third-order valence-electron chi connectivity index (χ3n) is 1.66. The molecule has 0 aromatic carbocycles. The maximum Gasteiger partial charge on any atom is 0.178 e. The number of ether oxygens (including phenoxy) is 1. The number of allylic oxidation sites excluding steroid dienone is 2. The third kappa shape index (κ3) is 2.29. The molecule has 0 fully saturated rings. The Bertz CT molecular complexity index is 212. The third-order valence-corrected chi connectivity index (χ3v) is 1.66. The van der Waals surface area contributed by atoms with Crippen LogP contribution in [0.5, 0.6) is 0 Å². The summed E-state index contributed by atoms with van der Waals surface area (Å²) in [5.74, 6) is -0.0277. The number of hydrogen-bond donors (Lipinski definition) is 1. The minimum Gasteiger partial charge on any atom is -0.394 e. The van der Waals surface area contributed by atoms with Crippen LogP contribution in [0.25, 0.3) is 0 Å². The second-order valence-corrected chi connectivity index (χ2v) is 2.82. The van der Waals surface area contributed by atoms with Crippen LogP contribution in [-0.2, 0) is 9.53 Å². The van der Waals surface area contributed by atoms with Crippen molar-refractivity contribution in [2.75, 3.05) is 13.2 Å². The molecule has 0 bridgehead atoms. The fraction of sp³-hybridized carbons (Fsp3) is 0.444. The number of hydrogen-bond acceptors (Lipinski definition) is 3. The molecule has 3 heteroatoms. The van der Waals surface area contributed by atoms with Gasteiger partial charge in [-0.05, 0) is 31.2 Å². The van der Waals surface area contributed by atoms with Crippen molar-refractivity contribution < 1.29 is 14.6 Å². The summed E-state index contributed by atoms with van der Waals surface area (Å²) in [6, 6.07) is 0. The Hall–Kier alpha value is -0.930. The molecule has 0 aromatic rings. The molecule has 0 heterocycles. The highest BCUT2D eigenvalue weighted by atomic mass is 16.5. The summed E-state index contributed by atoms with van der Waals surface area (Å²) in [6.45, 7) is 2.10. The van der Waals surface area contributed by atoms with Gasteiger partial charge in [0.05, 0.1) is 13.2 Å². The Balaban J connectivity index is 2.55. The van der Waals surface area contributed by atoms with Crippen molar-refractivity contribution in [1.82, 2.24) is 0 Å². The van der Waals surface area contributed by atoms with Crippen molar-refractivity contribution in [3.8, 4) is 0 Å². The predicted octanol–water partition coefficient (Wildman–Crippen LogP) is 0.449. The van der Waals surface area contributed by atoms with Crippen LogP contribution < -0.4 is 0 Å². The first-order valence-electron chi connectivity index (χ1n) is 3.83. The number of carbonyl (C=O) groups is 1. The zero-order chi connectivity index (χ0) is 9.03. The molecule has 0 aliphatic heterocycles. The SMILES string of the molecule is CC1(OCCO)C=CC(=O)C=C1. The van der Waals surface area contributed by atoms with Gasteiger partial charge in [0.25, 0.3) is 0 Å². The Morgan fingerprint density at radius 3 is 2.58 bits per heavy atom. The first kappa shape index (κ1) is 9.16. The monoisotopic (exact) mass is 168 g/mol. The van der Waals surface area contributed by atoms with E-state index in [9.17, 15) is 4.79 Å². The van der Waals surface area contributed by atoms with Crippen LogP contribution in [0.4, 0.5) is 0 Å². The van der Waals surface area contributed by atoms with Crippen molar-refractivity contribution in [2.24, 2.45) is 0 Å². The van der Waals surface area contributed by atoms with Crippen LogP contribution in [0.15, 0.2) is 24.3 Å². The molecular weight excluding hydrogens is 156 g/mol. The second kappa shape index (κ2) is 3.65. The molecule has 66 valence electrons. The van der Waals surface area contributed by atoms with Gasteiger partial charge in [-0.25, -0.2) is 0 Å². The molecule has 0 radical (unpaired) electrons. The predicted molar refractivity (Wildman–Crippen MR) is 44.7 cm³/mol. The number of aliphatic hydroxyl groups excluding tert-OH is 1. The Morgan fingerprint density at radius 1 is 1.50 bits per heavy atom. The average Bonchev–Trinajstić information content (AvgIpc) is 2.08. The van der Waals surface area contributed by atoms with Gasteiger partial charge in [-0.2, -0.15) is 0 Å². The normalized spacial score (nSPS) is 20.0. The van der Waals surface area contributed by atoms with Crippen LogP contribution in [0.2, 0.25) is 0 Å². The largest absolute Gasteiger partial charge is 0.394 e. The molecule has 0 atom stereocenters.